The lowest BCUT2D eigenvalue weighted by atomic mass is 9.84. The fourth-order valence-electron chi connectivity index (χ4n) is 11.0. The lowest BCUT2D eigenvalue weighted by Crippen LogP contribution is -2.11. The lowest BCUT2D eigenvalue weighted by molar-refractivity contribution is 1.24. The summed E-state index contributed by atoms with van der Waals surface area (Å²) in [6.07, 6.45) is 0. The van der Waals surface area contributed by atoms with Crippen LogP contribution in [0, 0.1) is 55.4 Å². The highest BCUT2D eigenvalue weighted by Crippen LogP contribution is 2.49. The largest absolute Gasteiger partial charge is 0.310 e. The molecule has 0 bridgehead atoms. The average molecular weight is 877 g/mol. The van der Waals surface area contributed by atoms with Crippen molar-refractivity contribution in [2.45, 2.75) is 55.4 Å². The molecular weight excluding hydrogens is 821 g/mol. The van der Waals surface area contributed by atoms with Gasteiger partial charge in [-0.2, -0.15) is 0 Å². The molecule has 2 heteroatoms. The Kier molecular flexibility index (Phi) is 10.7. The number of nitrogens with zero attached hydrogens (tertiary/aromatic N) is 2. The molecule has 2 nitrogen and oxygen atoms in total. The molecule has 0 spiro atoms. The summed E-state index contributed by atoms with van der Waals surface area (Å²) in [5.41, 5.74) is 21.6. The van der Waals surface area contributed by atoms with E-state index in [4.69, 9.17) is 0 Å². The molecule has 0 aromatic heterocycles. The molecule has 0 aliphatic carbocycles. The van der Waals surface area contributed by atoms with Crippen LogP contribution >= 0.6 is 0 Å². The van der Waals surface area contributed by atoms with Crippen LogP contribution in [0.1, 0.15) is 44.5 Å². The lowest BCUT2D eigenvalue weighted by Gasteiger charge is -2.29. The monoisotopic (exact) mass is 876 g/mol. The van der Waals surface area contributed by atoms with E-state index in [2.05, 4.69) is 259 Å². The maximum Gasteiger partial charge on any atom is 0.0468 e. The summed E-state index contributed by atoms with van der Waals surface area (Å²) in [6, 6.07) is 73.5. The molecule has 0 unspecified atom stereocenters. The third-order valence-electron chi connectivity index (χ3n) is 13.5. The summed E-state index contributed by atoms with van der Waals surface area (Å²) in [6.45, 7) is 17.6. The minimum absolute atomic E-state index is 1.12. The number of rotatable bonds is 8. The van der Waals surface area contributed by atoms with Gasteiger partial charge in [-0.15, -0.1) is 0 Å². The summed E-state index contributed by atoms with van der Waals surface area (Å²) in [7, 11) is 0. The minimum atomic E-state index is 1.12. The zero-order chi connectivity index (χ0) is 46.8. The van der Waals surface area contributed by atoms with E-state index >= 15 is 0 Å². The van der Waals surface area contributed by atoms with Crippen LogP contribution in [-0.2, 0) is 0 Å². The summed E-state index contributed by atoms with van der Waals surface area (Å²) < 4.78 is 0. The Hall–Kier alpha value is -7.94. The van der Waals surface area contributed by atoms with E-state index < -0.39 is 0 Å². The smallest absolute Gasteiger partial charge is 0.0468 e. The van der Waals surface area contributed by atoms with Crippen molar-refractivity contribution in [1.82, 2.24) is 0 Å². The van der Waals surface area contributed by atoms with E-state index in [9.17, 15) is 0 Å². The molecule has 0 fully saturated rings. The first-order valence-electron chi connectivity index (χ1n) is 23.9. The minimum Gasteiger partial charge on any atom is -0.310 e. The van der Waals surface area contributed by atoms with Crippen LogP contribution < -0.4 is 9.80 Å². The van der Waals surface area contributed by atoms with Crippen LogP contribution in [0.15, 0.2) is 194 Å². The number of fused-ring (bicyclic) bond motifs is 4. The molecule has 0 saturated carbocycles. The van der Waals surface area contributed by atoms with Crippen molar-refractivity contribution < 1.29 is 0 Å². The van der Waals surface area contributed by atoms with Crippen molar-refractivity contribution in [2.75, 3.05) is 9.80 Å². The van der Waals surface area contributed by atoms with Gasteiger partial charge in [0.15, 0.2) is 0 Å². The predicted molar refractivity (Wildman–Crippen MR) is 295 cm³/mol. The second kappa shape index (κ2) is 17.0. The van der Waals surface area contributed by atoms with Crippen molar-refractivity contribution >= 4 is 77.2 Å². The molecule has 0 aliphatic rings. The molecule has 0 aliphatic heterocycles. The van der Waals surface area contributed by atoms with Crippen LogP contribution in [0.2, 0.25) is 0 Å². The maximum absolute atomic E-state index is 2.46. The zero-order valence-corrected chi connectivity index (χ0v) is 40.4. The van der Waals surface area contributed by atoms with Crippen molar-refractivity contribution in [3.05, 3.63) is 239 Å². The highest BCUT2D eigenvalue weighted by atomic mass is 15.1. The zero-order valence-electron chi connectivity index (χ0n) is 40.4. The molecule has 0 atom stereocenters. The number of benzene rings is 11. The van der Waals surface area contributed by atoms with Crippen LogP contribution in [-0.4, -0.2) is 0 Å². The molecule has 0 radical (unpaired) electrons. The third-order valence-corrected chi connectivity index (χ3v) is 13.5. The normalized spacial score (nSPS) is 11.5. The second-order valence-corrected chi connectivity index (χ2v) is 19.4. The standard InChI is InChI=1S/C66H56N2/c1-41-25-42(2)30-57(29-41)67(58-31-43(3)26-44(4)32-58)55-21-23-61-63(39-55)65(53-19-17-49-13-9-11-15-51(49)37-53)62-24-22-56(40-64(62)66(61)54-20-18-50-14-10-12-16-52(50)38-54)68(59-33-45(5)27-46(6)34-59)60-35-47(7)28-48(8)36-60/h9-40H,1-8H3. The van der Waals surface area contributed by atoms with Crippen LogP contribution in [0.3, 0.4) is 0 Å². The molecule has 0 heterocycles. The fraction of sp³-hybridized carbons (Fsp3) is 0.121. The van der Waals surface area contributed by atoms with Gasteiger partial charge in [0, 0.05) is 34.1 Å². The van der Waals surface area contributed by atoms with E-state index in [-0.39, 0.29) is 0 Å². The molecule has 0 amide bonds. The Morgan fingerprint density at radius 2 is 0.515 bits per heavy atom. The molecule has 11 aromatic rings. The predicted octanol–water partition coefficient (Wildman–Crippen LogP) is 19.0. The van der Waals surface area contributed by atoms with E-state index in [0.717, 1.165) is 34.1 Å². The average Bonchev–Trinajstić information content (AvgIpc) is 3.29. The van der Waals surface area contributed by atoms with Gasteiger partial charge in [-0.25, -0.2) is 0 Å². The first-order chi connectivity index (χ1) is 32.9. The molecular formula is C66H56N2. The summed E-state index contributed by atoms with van der Waals surface area (Å²) in [5, 5.41) is 9.74. The number of anilines is 6. The molecule has 330 valence electrons. The number of hydrogen-bond donors (Lipinski definition) is 0. The molecule has 0 saturated heterocycles. The van der Waals surface area contributed by atoms with E-state index in [1.165, 1.54) is 110 Å². The molecule has 11 rings (SSSR count). The second-order valence-electron chi connectivity index (χ2n) is 19.4. The van der Waals surface area contributed by atoms with Crippen LogP contribution in [0.5, 0.6) is 0 Å². The van der Waals surface area contributed by atoms with Crippen molar-refractivity contribution in [1.29, 1.82) is 0 Å². The van der Waals surface area contributed by atoms with Gasteiger partial charge in [0.25, 0.3) is 0 Å². The SMILES string of the molecule is Cc1cc(C)cc(N(c2cc(C)cc(C)c2)c2ccc3c(-c4ccc5ccccc5c4)c4cc(N(c5cc(C)cc(C)c5)c5cc(C)cc(C)c5)ccc4c(-c4ccc5ccccc5c4)c3c2)c1. The van der Waals surface area contributed by atoms with Crippen molar-refractivity contribution in [2.24, 2.45) is 0 Å². The Balaban J connectivity index is 1.28. The Morgan fingerprint density at radius 3 is 0.824 bits per heavy atom. The van der Waals surface area contributed by atoms with Crippen LogP contribution in [0.4, 0.5) is 34.1 Å². The van der Waals surface area contributed by atoms with Gasteiger partial charge in [-0.3, -0.25) is 0 Å². The van der Waals surface area contributed by atoms with E-state index in [0.29, 0.717) is 0 Å². The van der Waals surface area contributed by atoms with Gasteiger partial charge in [-0.1, -0.05) is 109 Å². The topological polar surface area (TPSA) is 6.48 Å². The summed E-state index contributed by atoms with van der Waals surface area (Å²) >= 11 is 0. The summed E-state index contributed by atoms with van der Waals surface area (Å²) in [5.74, 6) is 0. The van der Waals surface area contributed by atoms with Gasteiger partial charge in [0.1, 0.15) is 0 Å². The van der Waals surface area contributed by atoms with Gasteiger partial charge >= 0.3 is 0 Å². The van der Waals surface area contributed by atoms with Crippen molar-refractivity contribution in [3.8, 4) is 22.3 Å². The maximum atomic E-state index is 2.46. The van der Waals surface area contributed by atoms with Gasteiger partial charge in [0.05, 0.1) is 0 Å². The fourth-order valence-corrected chi connectivity index (χ4v) is 11.0. The quantitative estimate of drug-likeness (QED) is 0.140. The Bertz CT molecular complexity index is 3360. The number of hydrogen-bond acceptors (Lipinski definition) is 2. The van der Waals surface area contributed by atoms with Crippen molar-refractivity contribution in [3.63, 3.8) is 0 Å². The third kappa shape index (κ3) is 7.96. The van der Waals surface area contributed by atoms with Gasteiger partial charge in [0.2, 0.25) is 0 Å². The highest BCUT2D eigenvalue weighted by molar-refractivity contribution is 6.23. The van der Waals surface area contributed by atoms with E-state index in [1.54, 1.807) is 0 Å². The van der Waals surface area contributed by atoms with Gasteiger partial charge in [-0.05, 0) is 250 Å². The van der Waals surface area contributed by atoms with Crippen LogP contribution in [0.25, 0.3) is 65.3 Å². The Labute approximate surface area is 401 Å². The highest BCUT2D eigenvalue weighted by Gasteiger charge is 2.23. The van der Waals surface area contributed by atoms with Gasteiger partial charge < -0.3 is 9.80 Å². The first kappa shape index (κ1) is 42.7. The first-order valence-corrected chi connectivity index (χ1v) is 23.9. The summed E-state index contributed by atoms with van der Waals surface area (Å²) in [4.78, 5) is 4.91. The molecule has 68 heavy (non-hydrogen) atoms. The molecule has 0 N–H and O–H groups in total. The molecule has 11 aromatic carbocycles. The van der Waals surface area contributed by atoms with E-state index in [1.807, 2.05) is 0 Å². The number of aryl methyl sites for hydroxylation is 8. The Morgan fingerprint density at radius 1 is 0.221 bits per heavy atom.